The molecule has 1 aromatic rings. The number of nitrogens with one attached hydrogen (secondary N) is 1. The summed E-state index contributed by atoms with van der Waals surface area (Å²) in [5, 5.41) is 7.45. The Kier molecular flexibility index (Phi) is 5.12. The second kappa shape index (κ2) is 6.40. The van der Waals surface area contributed by atoms with Crippen molar-refractivity contribution in [1.29, 1.82) is 0 Å². The molecule has 0 aliphatic rings. The molecule has 0 fully saturated rings. The number of allylic oxidation sites excluding steroid dienone is 1. The third-order valence-electron chi connectivity index (χ3n) is 2.39. The predicted molar refractivity (Wildman–Crippen MR) is 64.7 cm³/mol. The Bertz CT molecular complexity index is 312. The van der Waals surface area contributed by atoms with E-state index in [2.05, 4.69) is 36.5 Å². The quantitative estimate of drug-likeness (QED) is 0.725. The maximum Gasteiger partial charge on any atom is 0.0564 e. The summed E-state index contributed by atoms with van der Waals surface area (Å²) in [6.45, 7) is 6.34. The van der Waals surface area contributed by atoms with E-state index in [0.717, 1.165) is 25.9 Å². The highest BCUT2D eigenvalue weighted by Gasteiger charge is 1.99. The molecule has 0 radical (unpaired) electrons. The zero-order chi connectivity index (χ0) is 11.1. The molecule has 0 aliphatic carbocycles. The molecule has 0 aliphatic heterocycles. The van der Waals surface area contributed by atoms with Crippen LogP contribution in [0.4, 0.5) is 0 Å². The van der Waals surface area contributed by atoms with Gasteiger partial charge in [-0.1, -0.05) is 13.0 Å². The van der Waals surface area contributed by atoms with Gasteiger partial charge >= 0.3 is 0 Å². The summed E-state index contributed by atoms with van der Waals surface area (Å²) in [7, 11) is 1.97. The molecule has 0 aromatic carbocycles. The first-order valence-corrected chi connectivity index (χ1v) is 5.62. The Balaban J connectivity index is 2.56. The van der Waals surface area contributed by atoms with Gasteiger partial charge in [-0.2, -0.15) is 5.10 Å². The summed E-state index contributed by atoms with van der Waals surface area (Å²) in [6, 6.07) is 0. The zero-order valence-electron chi connectivity index (χ0n) is 9.95. The molecule has 0 unspecified atom stereocenters. The summed E-state index contributed by atoms with van der Waals surface area (Å²) < 4.78 is 2.00. The van der Waals surface area contributed by atoms with Gasteiger partial charge in [0, 0.05) is 18.3 Å². The second-order valence-electron chi connectivity index (χ2n) is 3.77. The van der Waals surface area contributed by atoms with E-state index < -0.39 is 0 Å². The van der Waals surface area contributed by atoms with Crippen molar-refractivity contribution in [2.45, 2.75) is 33.2 Å². The molecule has 0 saturated heterocycles. The second-order valence-corrected chi connectivity index (χ2v) is 3.77. The summed E-state index contributed by atoms with van der Waals surface area (Å²) in [5.41, 5.74) is 2.55. The van der Waals surface area contributed by atoms with E-state index >= 15 is 0 Å². The molecular weight excluding hydrogens is 186 g/mol. The molecular formula is C12H21N3. The normalized spacial score (nSPS) is 12.1. The first-order valence-electron chi connectivity index (χ1n) is 5.62. The van der Waals surface area contributed by atoms with Gasteiger partial charge in [-0.3, -0.25) is 4.68 Å². The molecule has 1 rings (SSSR count). The fourth-order valence-corrected chi connectivity index (χ4v) is 1.47. The van der Waals surface area contributed by atoms with E-state index in [1.807, 2.05) is 17.9 Å². The van der Waals surface area contributed by atoms with Crippen molar-refractivity contribution in [3.63, 3.8) is 0 Å². The number of nitrogens with zero attached hydrogens (tertiary/aromatic N) is 2. The number of rotatable bonds is 6. The average molecular weight is 207 g/mol. The minimum atomic E-state index is 1.00. The van der Waals surface area contributed by atoms with Crippen molar-refractivity contribution in [3.05, 3.63) is 24.0 Å². The summed E-state index contributed by atoms with van der Waals surface area (Å²) in [6.07, 6.45) is 8.52. The van der Waals surface area contributed by atoms with E-state index in [1.54, 1.807) is 0 Å². The largest absolute Gasteiger partial charge is 0.319 e. The van der Waals surface area contributed by atoms with Crippen LogP contribution >= 0.6 is 0 Å². The highest BCUT2D eigenvalue weighted by Crippen LogP contribution is 2.13. The molecule has 0 amide bonds. The van der Waals surface area contributed by atoms with Gasteiger partial charge in [0.1, 0.15) is 0 Å². The van der Waals surface area contributed by atoms with Crippen LogP contribution in [0.25, 0.3) is 5.57 Å². The fourth-order valence-electron chi connectivity index (χ4n) is 1.47. The molecule has 84 valence electrons. The van der Waals surface area contributed by atoms with Crippen LogP contribution in [0.2, 0.25) is 0 Å². The first-order chi connectivity index (χ1) is 7.27. The number of hydrogen-bond acceptors (Lipinski definition) is 2. The average Bonchev–Trinajstić information content (AvgIpc) is 2.67. The van der Waals surface area contributed by atoms with E-state index in [4.69, 9.17) is 0 Å². The molecule has 1 heterocycles. The highest BCUT2D eigenvalue weighted by molar-refractivity contribution is 5.62. The molecule has 3 heteroatoms. The van der Waals surface area contributed by atoms with Gasteiger partial charge in [0.15, 0.2) is 0 Å². The Hall–Kier alpha value is -1.09. The minimum absolute atomic E-state index is 1.00. The van der Waals surface area contributed by atoms with E-state index in [9.17, 15) is 0 Å². The van der Waals surface area contributed by atoms with Crippen molar-refractivity contribution in [2.75, 3.05) is 13.6 Å². The molecule has 0 bridgehead atoms. The van der Waals surface area contributed by atoms with Gasteiger partial charge in [0.25, 0.3) is 0 Å². The lowest BCUT2D eigenvalue weighted by Crippen LogP contribution is -2.05. The molecule has 1 N–H and O–H groups in total. The van der Waals surface area contributed by atoms with Gasteiger partial charge in [-0.25, -0.2) is 0 Å². The predicted octanol–water partition coefficient (Wildman–Crippen LogP) is 2.31. The SMILES string of the molecule is CCCn1cc(C(C)=CCCNC)cn1. The lowest BCUT2D eigenvalue weighted by atomic mass is 10.1. The van der Waals surface area contributed by atoms with Gasteiger partial charge in [0.2, 0.25) is 0 Å². The van der Waals surface area contributed by atoms with Crippen LogP contribution in [0.5, 0.6) is 0 Å². The van der Waals surface area contributed by atoms with Crippen LogP contribution in [0.3, 0.4) is 0 Å². The number of aromatic nitrogens is 2. The molecule has 0 atom stereocenters. The van der Waals surface area contributed by atoms with Crippen LogP contribution in [0.15, 0.2) is 18.5 Å². The summed E-state index contributed by atoms with van der Waals surface area (Å²) >= 11 is 0. The van der Waals surface area contributed by atoms with E-state index in [1.165, 1.54) is 11.1 Å². The number of hydrogen-bond donors (Lipinski definition) is 1. The van der Waals surface area contributed by atoms with Crippen LogP contribution in [0.1, 0.15) is 32.3 Å². The highest BCUT2D eigenvalue weighted by atomic mass is 15.3. The van der Waals surface area contributed by atoms with Gasteiger partial charge in [-0.05, 0) is 38.9 Å². The topological polar surface area (TPSA) is 29.9 Å². The van der Waals surface area contributed by atoms with Gasteiger partial charge in [-0.15, -0.1) is 0 Å². The summed E-state index contributed by atoms with van der Waals surface area (Å²) in [4.78, 5) is 0. The van der Waals surface area contributed by atoms with Crippen molar-refractivity contribution in [3.8, 4) is 0 Å². The molecule has 0 spiro atoms. The monoisotopic (exact) mass is 207 g/mol. The smallest absolute Gasteiger partial charge is 0.0564 e. The molecule has 3 nitrogen and oxygen atoms in total. The Morgan fingerprint density at radius 2 is 2.40 bits per heavy atom. The van der Waals surface area contributed by atoms with Crippen molar-refractivity contribution >= 4 is 5.57 Å². The van der Waals surface area contributed by atoms with Crippen LogP contribution < -0.4 is 5.32 Å². The Morgan fingerprint density at radius 3 is 3.07 bits per heavy atom. The lowest BCUT2D eigenvalue weighted by Gasteiger charge is -1.98. The third-order valence-corrected chi connectivity index (χ3v) is 2.39. The standard InChI is InChI=1S/C12H21N3/c1-4-8-15-10-12(9-14-15)11(2)6-5-7-13-3/h6,9-10,13H,4-5,7-8H2,1-3H3. The number of aryl methyl sites for hydroxylation is 1. The lowest BCUT2D eigenvalue weighted by molar-refractivity contribution is 0.602. The van der Waals surface area contributed by atoms with Crippen LogP contribution in [0, 0.1) is 0 Å². The zero-order valence-corrected chi connectivity index (χ0v) is 9.95. The molecule has 1 aromatic heterocycles. The van der Waals surface area contributed by atoms with Crippen molar-refractivity contribution in [1.82, 2.24) is 15.1 Å². The third kappa shape index (κ3) is 3.88. The first kappa shape index (κ1) is 12.0. The fraction of sp³-hybridized carbons (Fsp3) is 0.583. The van der Waals surface area contributed by atoms with E-state index in [0.29, 0.717) is 0 Å². The van der Waals surface area contributed by atoms with Crippen LogP contribution in [-0.4, -0.2) is 23.4 Å². The van der Waals surface area contributed by atoms with E-state index in [-0.39, 0.29) is 0 Å². The van der Waals surface area contributed by atoms with Crippen LogP contribution in [-0.2, 0) is 6.54 Å². The molecule has 0 saturated carbocycles. The maximum atomic E-state index is 4.32. The maximum absolute atomic E-state index is 4.32. The Morgan fingerprint density at radius 1 is 1.60 bits per heavy atom. The summed E-state index contributed by atoms with van der Waals surface area (Å²) in [5.74, 6) is 0. The van der Waals surface area contributed by atoms with Crippen molar-refractivity contribution in [2.24, 2.45) is 0 Å². The van der Waals surface area contributed by atoms with Crippen molar-refractivity contribution < 1.29 is 0 Å². The minimum Gasteiger partial charge on any atom is -0.319 e. The Labute approximate surface area is 92.2 Å². The molecule has 15 heavy (non-hydrogen) atoms. The van der Waals surface area contributed by atoms with Gasteiger partial charge < -0.3 is 5.32 Å². The van der Waals surface area contributed by atoms with Gasteiger partial charge in [0.05, 0.1) is 6.20 Å².